The molecule has 1 aromatic carbocycles. The van der Waals surface area contributed by atoms with Crippen LogP contribution in [0.15, 0.2) is 28.7 Å². The molecule has 22 heavy (non-hydrogen) atoms. The number of nitrogens with one attached hydrogen (secondary N) is 1. The zero-order chi connectivity index (χ0) is 15.2. The SMILES string of the molecule is Cc1cc(C2CCC3(NC2)OCCO3)c2cccc(Br)c2n1. The summed E-state index contributed by atoms with van der Waals surface area (Å²) in [6, 6.07) is 8.50. The normalized spacial score (nSPS) is 24.2. The van der Waals surface area contributed by atoms with Crippen LogP contribution in [0.2, 0.25) is 0 Å². The van der Waals surface area contributed by atoms with Gasteiger partial charge in [-0.3, -0.25) is 10.3 Å². The molecule has 1 atom stereocenters. The van der Waals surface area contributed by atoms with Gasteiger partial charge in [-0.15, -0.1) is 0 Å². The molecule has 5 heteroatoms. The third kappa shape index (κ3) is 2.46. The van der Waals surface area contributed by atoms with Gasteiger partial charge in [-0.05, 0) is 52.9 Å². The highest BCUT2D eigenvalue weighted by atomic mass is 79.9. The highest BCUT2D eigenvalue weighted by molar-refractivity contribution is 9.10. The molecule has 2 aromatic rings. The van der Waals surface area contributed by atoms with Gasteiger partial charge in [0.25, 0.3) is 0 Å². The van der Waals surface area contributed by atoms with Crippen LogP contribution in [0.5, 0.6) is 0 Å². The quantitative estimate of drug-likeness (QED) is 0.843. The van der Waals surface area contributed by atoms with Crippen molar-refractivity contribution in [1.82, 2.24) is 10.3 Å². The van der Waals surface area contributed by atoms with Crippen LogP contribution in [-0.2, 0) is 9.47 Å². The molecule has 0 amide bonds. The molecule has 0 saturated carbocycles. The van der Waals surface area contributed by atoms with E-state index in [0.29, 0.717) is 19.1 Å². The topological polar surface area (TPSA) is 43.4 Å². The summed E-state index contributed by atoms with van der Waals surface area (Å²) >= 11 is 3.62. The lowest BCUT2D eigenvalue weighted by atomic mass is 9.87. The molecule has 0 aliphatic carbocycles. The molecule has 3 heterocycles. The van der Waals surface area contributed by atoms with Crippen molar-refractivity contribution in [1.29, 1.82) is 0 Å². The van der Waals surface area contributed by atoms with Crippen LogP contribution in [-0.4, -0.2) is 30.7 Å². The van der Waals surface area contributed by atoms with Gasteiger partial charge in [0.2, 0.25) is 5.91 Å². The van der Waals surface area contributed by atoms with Crippen LogP contribution >= 0.6 is 15.9 Å². The van der Waals surface area contributed by atoms with Crippen LogP contribution < -0.4 is 5.32 Å². The van der Waals surface area contributed by atoms with Crippen LogP contribution in [0, 0.1) is 6.92 Å². The van der Waals surface area contributed by atoms with Gasteiger partial charge in [0.15, 0.2) is 0 Å². The molecular weight excluding hydrogens is 344 g/mol. The van der Waals surface area contributed by atoms with E-state index in [-0.39, 0.29) is 0 Å². The number of nitrogens with zero attached hydrogens (tertiary/aromatic N) is 1. The predicted molar refractivity (Wildman–Crippen MR) is 88.8 cm³/mol. The highest BCUT2D eigenvalue weighted by Crippen LogP contribution is 2.37. The van der Waals surface area contributed by atoms with E-state index in [1.807, 2.05) is 6.07 Å². The second-order valence-corrected chi connectivity index (χ2v) is 6.91. The Bertz CT molecular complexity index is 703. The standard InChI is InChI=1S/C17H19BrN2O2/c1-11-9-14(13-3-2-4-15(18)16(13)20-11)12-5-6-17(19-10-12)21-7-8-22-17/h2-4,9,12,19H,5-8,10H2,1H3. The van der Waals surface area contributed by atoms with Gasteiger partial charge in [0.05, 0.1) is 18.7 Å². The van der Waals surface area contributed by atoms with Crippen LogP contribution in [0.3, 0.4) is 0 Å². The molecule has 2 saturated heterocycles. The number of rotatable bonds is 1. The van der Waals surface area contributed by atoms with Crippen molar-refractivity contribution >= 4 is 26.8 Å². The van der Waals surface area contributed by atoms with Gasteiger partial charge in [-0.2, -0.15) is 0 Å². The molecule has 1 unspecified atom stereocenters. The second-order valence-electron chi connectivity index (χ2n) is 6.06. The maximum atomic E-state index is 5.74. The first-order valence-corrected chi connectivity index (χ1v) is 8.55. The maximum absolute atomic E-state index is 5.74. The van der Waals surface area contributed by atoms with E-state index in [4.69, 9.17) is 9.47 Å². The summed E-state index contributed by atoms with van der Waals surface area (Å²) in [5.74, 6) is -0.0773. The Kier molecular flexibility index (Phi) is 3.69. The molecule has 116 valence electrons. The van der Waals surface area contributed by atoms with E-state index in [0.717, 1.165) is 35.1 Å². The number of benzene rings is 1. The summed E-state index contributed by atoms with van der Waals surface area (Å²) in [4.78, 5) is 4.68. The number of halogens is 1. The number of hydrogen-bond donors (Lipinski definition) is 1. The number of pyridine rings is 1. The van der Waals surface area contributed by atoms with Gasteiger partial charge < -0.3 is 9.47 Å². The fourth-order valence-electron chi connectivity index (χ4n) is 3.51. The second kappa shape index (κ2) is 5.57. The van der Waals surface area contributed by atoms with Gasteiger partial charge >= 0.3 is 0 Å². The number of para-hydroxylation sites is 1. The summed E-state index contributed by atoms with van der Waals surface area (Å²) < 4.78 is 12.5. The molecule has 0 bridgehead atoms. The smallest absolute Gasteiger partial charge is 0.227 e. The lowest BCUT2D eigenvalue weighted by Gasteiger charge is -2.36. The molecule has 4 nitrogen and oxygen atoms in total. The van der Waals surface area contributed by atoms with Crippen molar-refractivity contribution in [2.75, 3.05) is 19.8 Å². The van der Waals surface area contributed by atoms with E-state index in [1.54, 1.807) is 0 Å². The number of ether oxygens (including phenoxy) is 2. The first-order chi connectivity index (χ1) is 10.7. The average molecular weight is 363 g/mol. The summed E-state index contributed by atoms with van der Waals surface area (Å²) in [6.45, 7) is 4.29. The Labute approximate surface area is 138 Å². The largest absolute Gasteiger partial charge is 0.335 e. The predicted octanol–water partition coefficient (Wildman–Crippen LogP) is 3.47. The summed E-state index contributed by atoms with van der Waals surface area (Å²) in [5, 5.41) is 4.70. The zero-order valence-electron chi connectivity index (χ0n) is 12.6. The third-order valence-corrected chi connectivity index (χ3v) is 5.22. The fourth-order valence-corrected chi connectivity index (χ4v) is 3.97. The molecule has 0 radical (unpaired) electrons. The van der Waals surface area contributed by atoms with E-state index < -0.39 is 5.91 Å². The first-order valence-electron chi connectivity index (χ1n) is 7.76. The minimum Gasteiger partial charge on any atom is -0.335 e. The van der Waals surface area contributed by atoms with Gasteiger partial charge in [-0.1, -0.05) is 12.1 Å². The Morgan fingerprint density at radius 3 is 2.86 bits per heavy atom. The molecule has 4 rings (SSSR count). The molecule has 2 aliphatic rings. The lowest BCUT2D eigenvalue weighted by Crippen LogP contribution is -2.51. The fraction of sp³-hybridized carbons (Fsp3) is 0.471. The van der Waals surface area contributed by atoms with Crippen LogP contribution in [0.4, 0.5) is 0 Å². The highest BCUT2D eigenvalue weighted by Gasteiger charge is 2.40. The van der Waals surface area contributed by atoms with Crippen molar-refractivity contribution in [3.8, 4) is 0 Å². The average Bonchev–Trinajstić information content (AvgIpc) is 2.97. The summed E-state index contributed by atoms with van der Waals surface area (Å²) in [5.41, 5.74) is 3.47. The van der Waals surface area contributed by atoms with E-state index in [9.17, 15) is 0 Å². The number of aryl methyl sites for hydroxylation is 1. The third-order valence-electron chi connectivity index (χ3n) is 4.58. The lowest BCUT2D eigenvalue weighted by molar-refractivity contribution is -0.196. The maximum Gasteiger partial charge on any atom is 0.227 e. The molecule has 1 spiro atoms. The van der Waals surface area contributed by atoms with Crippen molar-refractivity contribution in [2.24, 2.45) is 0 Å². The Morgan fingerprint density at radius 1 is 1.32 bits per heavy atom. The Balaban J connectivity index is 1.68. The van der Waals surface area contributed by atoms with Crippen molar-refractivity contribution in [3.63, 3.8) is 0 Å². The summed E-state index contributed by atoms with van der Waals surface area (Å²) in [7, 11) is 0. The molecular formula is C17H19BrN2O2. The van der Waals surface area contributed by atoms with Crippen LogP contribution in [0.25, 0.3) is 10.9 Å². The Morgan fingerprint density at radius 2 is 2.14 bits per heavy atom. The minimum absolute atomic E-state index is 0.455. The number of hydrogen-bond acceptors (Lipinski definition) is 4. The van der Waals surface area contributed by atoms with Gasteiger partial charge in [0.1, 0.15) is 0 Å². The number of piperidine rings is 1. The minimum atomic E-state index is -0.533. The van der Waals surface area contributed by atoms with Crippen molar-refractivity contribution in [3.05, 3.63) is 40.0 Å². The van der Waals surface area contributed by atoms with E-state index in [2.05, 4.69) is 51.4 Å². The zero-order valence-corrected chi connectivity index (χ0v) is 14.1. The molecule has 1 aromatic heterocycles. The molecule has 2 fully saturated rings. The molecule has 1 N–H and O–H groups in total. The van der Waals surface area contributed by atoms with Gasteiger partial charge in [-0.25, -0.2) is 0 Å². The van der Waals surface area contributed by atoms with Crippen molar-refractivity contribution < 1.29 is 9.47 Å². The van der Waals surface area contributed by atoms with E-state index >= 15 is 0 Å². The monoisotopic (exact) mass is 362 g/mol. The van der Waals surface area contributed by atoms with E-state index in [1.165, 1.54) is 10.9 Å². The Hall–Kier alpha value is -1.01. The van der Waals surface area contributed by atoms with Crippen molar-refractivity contribution in [2.45, 2.75) is 31.6 Å². The first kappa shape index (κ1) is 14.6. The van der Waals surface area contributed by atoms with Gasteiger partial charge in [0, 0.05) is 28.5 Å². The molecule has 2 aliphatic heterocycles. The number of aromatic nitrogens is 1. The number of fused-ring (bicyclic) bond motifs is 1. The van der Waals surface area contributed by atoms with Crippen LogP contribution in [0.1, 0.15) is 30.0 Å². The summed E-state index contributed by atoms with van der Waals surface area (Å²) in [6.07, 6.45) is 1.94.